The normalized spacial score (nSPS) is 19.1. The molecule has 1 atom stereocenters. The smallest absolute Gasteiger partial charge is 0.290 e. The molecule has 0 spiro atoms. The van der Waals surface area contributed by atoms with Crippen LogP contribution in [-0.4, -0.2) is 66.0 Å². The lowest BCUT2D eigenvalue weighted by Crippen LogP contribution is -2.39. The van der Waals surface area contributed by atoms with E-state index >= 15 is 0 Å². The highest BCUT2D eigenvalue weighted by atomic mass is 16.5. The molecule has 0 saturated carbocycles. The summed E-state index contributed by atoms with van der Waals surface area (Å²) >= 11 is 0. The number of aliphatic hydroxyl groups excluding tert-OH is 1. The molecule has 1 fully saturated rings. The molecule has 36 heavy (non-hydrogen) atoms. The Bertz CT molecular complexity index is 1250. The molecule has 1 aromatic heterocycles. The molecule has 2 aliphatic heterocycles. The first-order valence-electron chi connectivity index (χ1n) is 12.6. The van der Waals surface area contributed by atoms with Crippen molar-refractivity contribution in [1.82, 2.24) is 9.80 Å². The van der Waals surface area contributed by atoms with E-state index < -0.39 is 23.5 Å². The zero-order valence-corrected chi connectivity index (χ0v) is 20.8. The fourth-order valence-corrected chi connectivity index (χ4v) is 5.04. The maximum absolute atomic E-state index is 13.7. The number of aliphatic hydroxyl groups is 1. The van der Waals surface area contributed by atoms with Gasteiger partial charge in [-0.05, 0) is 35.6 Å². The van der Waals surface area contributed by atoms with Gasteiger partial charge in [0.15, 0.2) is 11.5 Å². The zero-order chi connectivity index (χ0) is 25.2. The van der Waals surface area contributed by atoms with Crippen molar-refractivity contribution in [3.8, 4) is 0 Å². The molecule has 1 amide bonds. The minimum Gasteiger partial charge on any atom is -0.503 e. The number of Topliss-reactive ketones (excluding diaryl/α,β-unsaturated/α-hetero) is 1. The summed E-state index contributed by atoms with van der Waals surface area (Å²) in [6, 6.07) is 16.3. The second-order valence-corrected chi connectivity index (χ2v) is 9.77. The van der Waals surface area contributed by atoms with Crippen molar-refractivity contribution < 1.29 is 23.8 Å². The molecule has 2 aromatic carbocycles. The van der Waals surface area contributed by atoms with Gasteiger partial charge in [0, 0.05) is 31.6 Å². The van der Waals surface area contributed by atoms with Gasteiger partial charge in [-0.25, -0.2) is 0 Å². The van der Waals surface area contributed by atoms with Gasteiger partial charge < -0.3 is 19.2 Å². The number of carbonyl (C=O) groups is 2. The van der Waals surface area contributed by atoms with Gasteiger partial charge in [-0.3, -0.25) is 14.5 Å². The number of hydrogen-bond donors (Lipinski definition) is 1. The Balaban J connectivity index is 1.46. The van der Waals surface area contributed by atoms with Crippen LogP contribution in [0.3, 0.4) is 0 Å². The molecule has 7 heteroatoms. The number of benzene rings is 2. The SMILES string of the molecule is CC(C)c1ccc([C@@H]2C(C(=O)c3cc4ccccc4o3)=C(O)C(=O)N2CCCN2CCOCC2)cc1. The molecule has 5 rings (SSSR count). The maximum Gasteiger partial charge on any atom is 0.290 e. The van der Waals surface area contributed by atoms with E-state index in [0.29, 0.717) is 31.3 Å². The maximum atomic E-state index is 13.7. The Morgan fingerprint density at radius 3 is 2.47 bits per heavy atom. The second-order valence-electron chi connectivity index (χ2n) is 9.77. The van der Waals surface area contributed by atoms with Crippen LogP contribution in [0, 0.1) is 0 Å². The molecule has 3 heterocycles. The fraction of sp³-hybridized carbons (Fsp3) is 0.379. The Hall–Kier alpha value is -3.42. The van der Waals surface area contributed by atoms with Crippen molar-refractivity contribution in [2.75, 3.05) is 39.4 Å². The summed E-state index contributed by atoms with van der Waals surface area (Å²) in [6.45, 7) is 8.65. The van der Waals surface area contributed by atoms with E-state index in [2.05, 4.69) is 18.7 Å². The molecule has 188 valence electrons. The molecule has 7 nitrogen and oxygen atoms in total. The van der Waals surface area contributed by atoms with Crippen molar-refractivity contribution in [3.05, 3.63) is 82.8 Å². The summed E-state index contributed by atoms with van der Waals surface area (Å²) in [6.07, 6.45) is 0.728. The topological polar surface area (TPSA) is 83.2 Å². The predicted octanol–water partition coefficient (Wildman–Crippen LogP) is 4.86. The lowest BCUT2D eigenvalue weighted by atomic mass is 9.93. The highest BCUT2D eigenvalue weighted by Crippen LogP contribution is 2.40. The summed E-state index contributed by atoms with van der Waals surface area (Å²) in [5, 5.41) is 11.8. The minimum atomic E-state index is -0.677. The van der Waals surface area contributed by atoms with Gasteiger partial charge in [-0.2, -0.15) is 0 Å². The first-order chi connectivity index (χ1) is 17.4. The summed E-state index contributed by atoms with van der Waals surface area (Å²) in [4.78, 5) is 30.9. The third-order valence-corrected chi connectivity index (χ3v) is 7.09. The van der Waals surface area contributed by atoms with E-state index in [9.17, 15) is 14.7 Å². The van der Waals surface area contributed by atoms with Crippen molar-refractivity contribution in [3.63, 3.8) is 0 Å². The minimum absolute atomic E-state index is 0.0720. The molecule has 0 radical (unpaired) electrons. The first-order valence-corrected chi connectivity index (χ1v) is 12.6. The van der Waals surface area contributed by atoms with E-state index in [4.69, 9.17) is 9.15 Å². The number of nitrogens with zero attached hydrogens (tertiary/aromatic N) is 2. The van der Waals surface area contributed by atoms with Crippen LogP contribution in [0.5, 0.6) is 0 Å². The highest BCUT2D eigenvalue weighted by molar-refractivity contribution is 6.16. The van der Waals surface area contributed by atoms with Crippen LogP contribution < -0.4 is 0 Å². The van der Waals surface area contributed by atoms with Crippen LogP contribution in [0.2, 0.25) is 0 Å². The number of rotatable bonds is 8. The van der Waals surface area contributed by atoms with Gasteiger partial charge in [0.25, 0.3) is 5.91 Å². The van der Waals surface area contributed by atoms with Gasteiger partial charge in [-0.1, -0.05) is 56.3 Å². The summed E-state index contributed by atoms with van der Waals surface area (Å²) in [7, 11) is 0. The largest absolute Gasteiger partial charge is 0.503 e. The van der Waals surface area contributed by atoms with E-state index in [1.54, 1.807) is 17.0 Å². The molecule has 3 aromatic rings. The second kappa shape index (κ2) is 10.3. The number of hydrogen-bond acceptors (Lipinski definition) is 6. The molecular formula is C29H32N2O5. The average molecular weight is 489 g/mol. The van der Waals surface area contributed by atoms with Crippen molar-refractivity contribution in [2.24, 2.45) is 0 Å². The highest BCUT2D eigenvalue weighted by Gasteiger charge is 2.44. The van der Waals surface area contributed by atoms with Gasteiger partial charge in [0.2, 0.25) is 5.78 Å². The molecule has 0 unspecified atom stereocenters. The number of carbonyl (C=O) groups excluding carboxylic acids is 2. The Morgan fingerprint density at radius 2 is 1.78 bits per heavy atom. The third-order valence-electron chi connectivity index (χ3n) is 7.09. The number of fused-ring (bicyclic) bond motifs is 1. The van der Waals surface area contributed by atoms with Gasteiger partial charge in [-0.15, -0.1) is 0 Å². The molecule has 0 bridgehead atoms. The summed E-state index contributed by atoms with van der Waals surface area (Å²) < 4.78 is 11.2. The van der Waals surface area contributed by atoms with Crippen LogP contribution in [0.4, 0.5) is 0 Å². The molecule has 2 aliphatic rings. The summed E-state index contributed by atoms with van der Waals surface area (Å²) in [5.41, 5.74) is 2.62. The van der Waals surface area contributed by atoms with E-state index in [0.717, 1.165) is 37.0 Å². The molecule has 0 aliphatic carbocycles. The number of furan rings is 1. The van der Waals surface area contributed by atoms with Crippen molar-refractivity contribution in [1.29, 1.82) is 0 Å². The number of morpholine rings is 1. The zero-order valence-electron chi connectivity index (χ0n) is 20.8. The van der Waals surface area contributed by atoms with Crippen molar-refractivity contribution >= 4 is 22.7 Å². The van der Waals surface area contributed by atoms with Crippen molar-refractivity contribution in [2.45, 2.75) is 32.2 Å². The summed E-state index contributed by atoms with van der Waals surface area (Å²) in [5.74, 6) is -1.01. The van der Waals surface area contributed by atoms with Crippen LogP contribution >= 0.6 is 0 Å². The lowest BCUT2D eigenvalue weighted by Gasteiger charge is -2.30. The first kappa shape index (κ1) is 24.3. The fourth-order valence-electron chi connectivity index (χ4n) is 5.04. The average Bonchev–Trinajstić information content (AvgIpc) is 3.44. The van der Waals surface area contributed by atoms with Crippen LogP contribution in [-0.2, 0) is 9.53 Å². The van der Waals surface area contributed by atoms with Crippen LogP contribution in [0.1, 0.15) is 53.9 Å². The Labute approximate surface area is 210 Å². The molecule has 1 N–H and O–H groups in total. The van der Waals surface area contributed by atoms with E-state index in [1.165, 1.54) is 5.56 Å². The quantitative estimate of drug-likeness (QED) is 0.456. The number of ether oxygens (including phenoxy) is 1. The predicted molar refractivity (Wildman–Crippen MR) is 137 cm³/mol. The van der Waals surface area contributed by atoms with Gasteiger partial charge in [0.05, 0.1) is 24.8 Å². The van der Waals surface area contributed by atoms with Crippen LogP contribution in [0.15, 0.2) is 70.3 Å². The number of ketones is 1. The van der Waals surface area contributed by atoms with E-state index in [1.807, 2.05) is 42.5 Å². The molecular weight excluding hydrogens is 456 g/mol. The third kappa shape index (κ3) is 4.68. The molecule has 1 saturated heterocycles. The monoisotopic (exact) mass is 488 g/mol. The van der Waals surface area contributed by atoms with Crippen LogP contribution in [0.25, 0.3) is 11.0 Å². The lowest BCUT2D eigenvalue weighted by molar-refractivity contribution is -0.129. The Kier molecular flexibility index (Phi) is 6.94. The van der Waals surface area contributed by atoms with E-state index in [-0.39, 0.29) is 11.3 Å². The van der Waals surface area contributed by atoms with Gasteiger partial charge >= 0.3 is 0 Å². The van der Waals surface area contributed by atoms with Gasteiger partial charge in [0.1, 0.15) is 5.58 Å². The Morgan fingerprint density at radius 1 is 1.06 bits per heavy atom. The number of amides is 1. The standard InChI is InChI=1S/C29H32N2O5/c1-19(2)20-8-10-21(11-9-20)26-25(27(32)24-18-22-6-3-4-7-23(22)36-24)28(33)29(34)31(26)13-5-12-30-14-16-35-17-15-30/h3-4,6-11,18-19,26,33H,5,12-17H2,1-2H3/t26-/m1/s1. The number of para-hydroxylation sites is 1.